The molecule has 3 aromatic rings. The monoisotopic (exact) mass is 442 g/mol. The number of likely N-dealkylation sites (N-methyl/N-ethyl adjacent to an activating group) is 1. The summed E-state index contributed by atoms with van der Waals surface area (Å²) in [6.45, 7) is 2.72. The number of nitrogens with zero attached hydrogens (tertiary/aromatic N) is 2. The summed E-state index contributed by atoms with van der Waals surface area (Å²) in [4.78, 5) is 43.2. The number of rotatable bonds is 9. The smallest absolute Gasteiger partial charge is 0.248 e. The fraction of sp³-hybridized carbons (Fsp3) is 0.238. The van der Waals surface area contributed by atoms with Crippen LogP contribution in [0.5, 0.6) is 0 Å². The van der Waals surface area contributed by atoms with E-state index in [9.17, 15) is 14.4 Å². The first-order chi connectivity index (χ1) is 14.5. The van der Waals surface area contributed by atoms with Gasteiger partial charge in [-0.25, -0.2) is 4.98 Å². The largest absolute Gasteiger partial charge is 0.366 e. The van der Waals surface area contributed by atoms with E-state index in [0.717, 1.165) is 15.6 Å². The van der Waals surface area contributed by atoms with Gasteiger partial charge in [0.1, 0.15) is 5.01 Å². The highest BCUT2D eigenvalue weighted by atomic mass is 32.1. The number of carbonyl (C=O) groups is 3. The zero-order valence-electron chi connectivity index (χ0n) is 16.5. The van der Waals surface area contributed by atoms with Crippen molar-refractivity contribution in [3.63, 3.8) is 0 Å². The number of hydrogen-bond acceptors (Lipinski definition) is 6. The van der Waals surface area contributed by atoms with E-state index in [2.05, 4.69) is 10.3 Å². The van der Waals surface area contributed by atoms with E-state index < -0.39 is 5.91 Å². The second kappa shape index (κ2) is 10.1. The molecule has 2 heterocycles. The van der Waals surface area contributed by atoms with Crippen LogP contribution in [0.4, 0.5) is 5.69 Å². The van der Waals surface area contributed by atoms with Gasteiger partial charge >= 0.3 is 0 Å². The number of thiophene rings is 1. The van der Waals surface area contributed by atoms with Crippen LogP contribution in [0.25, 0.3) is 9.88 Å². The van der Waals surface area contributed by atoms with Crippen LogP contribution in [0.2, 0.25) is 0 Å². The molecule has 156 valence electrons. The van der Waals surface area contributed by atoms with Crippen molar-refractivity contribution in [2.45, 2.75) is 19.8 Å². The van der Waals surface area contributed by atoms with Crippen molar-refractivity contribution in [1.29, 1.82) is 0 Å². The number of amides is 3. The Bertz CT molecular complexity index is 1010. The quantitative estimate of drug-likeness (QED) is 0.530. The van der Waals surface area contributed by atoms with E-state index in [-0.39, 0.29) is 24.7 Å². The third-order valence-electron chi connectivity index (χ3n) is 4.41. The first kappa shape index (κ1) is 21.7. The summed E-state index contributed by atoms with van der Waals surface area (Å²) >= 11 is 3.14. The average Bonchev–Trinajstić information content (AvgIpc) is 3.40. The van der Waals surface area contributed by atoms with Gasteiger partial charge < -0.3 is 16.0 Å². The molecule has 3 rings (SSSR count). The molecule has 0 aliphatic heterocycles. The number of nitrogens with one attached hydrogen (secondary N) is 1. The molecule has 0 fully saturated rings. The molecule has 1 aromatic carbocycles. The van der Waals surface area contributed by atoms with Crippen LogP contribution in [-0.4, -0.2) is 40.7 Å². The van der Waals surface area contributed by atoms with E-state index in [1.807, 2.05) is 29.8 Å². The van der Waals surface area contributed by atoms with Crippen LogP contribution in [-0.2, 0) is 16.0 Å². The minimum absolute atomic E-state index is 0.0564. The predicted molar refractivity (Wildman–Crippen MR) is 120 cm³/mol. The predicted octanol–water partition coefficient (Wildman–Crippen LogP) is 3.39. The molecule has 3 N–H and O–H groups in total. The number of aromatic nitrogens is 1. The molecule has 0 spiro atoms. The Balaban J connectivity index is 1.50. The zero-order chi connectivity index (χ0) is 21.5. The van der Waals surface area contributed by atoms with Gasteiger partial charge in [-0.2, -0.15) is 0 Å². The maximum atomic E-state index is 12.6. The van der Waals surface area contributed by atoms with E-state index in [0.29, 0.717) is 24.3 Å². The Morgan fingerprint density at radius 2 is 1.90 bits per heavy atom. The maximum Gasteiger partial charge on any atom is 0.248 e. The minimum Gasteiger partial charge on any atom is -0.366 e. The first-order valence-corrected chi connectivity index (χ1v) is 11.2. The Morgan fingerprint density at radius 1 is 1.13 bits per heavy atom. The Hall–Kier alpha value is -3.04. The first-order valence-electron chi connectivity index (χ1n) is 9.42. The highest BCUT2D eigenvalue weighted by Gasteiger charge is 2.16. The van der Waals surface area contributed by atoms with Crippen LogP contribution < -0.4 is 11.1 Å². The lowest BCUT2D eigenvalue weighted by Crippen LogP contribution is -2.34. The summed E-state index contributed by atoms with van der Waals surface area (Å²) in [7, 11) is 0. The molecule has 0 aliphatic rings. The van der Waals surface area contributed by atoms with E-state index in [1.54, 1.807) is 40.5 Å². The van der Waals surface area contributed by atoms with Gasteiger partial charge in [-0.15, -0.1) is 22.7 Å². The standard InChI is InChI=1S/C21H22N4O3S2/c1-2-25(10-9-18(26)23-15-7-5-14(6-8-15)20(22)28)19(27)12-16-13-30-21(24-16)17-4-3-11-29-17/h3-8,11,13H,2,9-10,12H2,1H3,(H2,22,28)(H,23,26). The Labute approximate surface area is 182 Å². The number of hydrogen-bond donors (Lipinski definition) is 2. The fourth-order valence-corrected chi connectivity index (χ4v) is 4.44. The minimum atomic E-state index is -0.521. The summed E-state index contributed by atoms with van der Waals surface area (Å²) in [5.74, 6) is -0.784. The summed E-state index contributed by atoms with van der Waals surface area (Å²) in [6.07, 6.45) is 0.389. The molecule has 0 atom stereocenters. The molecular weight excluding hydrogens is 420 g/mol. The number of anilines is 1. The van der Waals surface area contributed by atoms with Crippen LogP contribution in [0.3, 0.4) is 0 Å². The van der Waals surface area contributed by atoms with Crippen molar-refractivity contribution in [1.82, 2.24) is 9.88 Å². The maximum absolute atomic E-state index is 12.6. The lowest BCUT2D eigenvalue weighted by molar-refractivity contribution is -0.130. The lowest BCUT2D eigenvalue weighted by atomic mass is 10.2. The molecule has 0 saturated carbocycles. The van der Waals surface area contributed by atoms with Crippen molar-refractivity contribution in [3.8, 4) is 9.88 Å². The normalized spacial score (nSPS) is 10.6. The zero-order valence-corrected chi connectivity index (χ0v) is 18.1. The van der Waals surface area contributed by atoms with Crippen molar-refractivity contribution >= 4 is 46.1 Å². The summed E-state index contributed by atoms with van der Waals surface area (Å²) in [5.41, 5.74) is 6.89. The van der Waals surface area contributed by atoms with Gasteiger partial charge in [0.15, 0.2) is 0 Å². The van der Waals surface area contributed by atoms with Gasteiger partial charge in [-0.3, -0.25) is 14.4 Å². The van der Waals surface area contributed by atoms with Gasteiger partial charge in [-0.05, 0) is 42.6 Å². The van der Waals surface area contributed by atoms with Crippen molar-refractivity contribution in [2.24, 2.45) is 5.73 Å². The van der Waals surface area contributed by atoms with Gasteiger partial charge in [0.25, 0.3) is 0 Å². The van der Waals surface area contributed by atoms with Crippen LogP contribution in [0, 0.1) is 0 Å². The number of thiazole rings is 1. The summed E-state index contributed by atoms with van der Waals surface area (Å²) in [6, 6.07) is 10.3. The highest BCUT2D eigenvalue weighted by molar-refractivity contribution is 7.20. The summed E-state index contributed by atoms with van der Waals surface area (Å²) in [5, 5.41) is 7.57. The van der Waals surface area contributed by atoms with E-state index >= 15 is 0 Å². The lowest BCUT2D eigenvalue weighted by Gasteiger charge is -2.20. The molecule has 3 amide bonds. The van der Waals surface area contributed by atoms with E-state index in [1.165, 1.54) is 11.3 Å². The summed E-state index contributed by atoms with van der Waals surface area (Å²) < 4.78 is 0. The van der Waals surface area contributed by atoms with Crippen LogP contribution in [0.1, 0.15) is 29.4 Å². The number of nitrogens with two attached hydrogens (primary N) is 1. The molecule has 0 bridgehead atoms. The van der Waals surface area contributed by atoms with Gasteiger partial charge in [0.2, 0.25) is 17.7 Å². The fourth-order valence-electron chi connectivity index (χ4n) is 2.81. The Kier molecular flexibility index (Phi) is 7.31. The van der Waals surface area contributed by atoms with Gasteiger partial charge in [0.05, 0.1) is 17.0 Å². The van der Waals surface area contributed by atoms with Crippen LogP contribution >= 0.6 is 22.7 Å². The number of benzene rings is 1. The molecular formula is C21H22N4O3S2. The van der Waals surface area contributed by atoms with Gasteiger partial charge in [-0.1, -0.05) is 6.07 Å². The average molecular weight is 443 g/mol. The van der Waals surface area contributed by atoms with Crippen molar-refractivity contribution in [3.05, 3.63) is 58.4 Å². The number of primary amides is 1. The molecule has 0 aliphatic carbocycles. The molecule has 2 aromatic heterocycles. The SMILES string of the molecule is CCN(CCC(=O)Nc1ccc(C(N)=O)cc1)C(=O)Cc1csc(-c2cccs2)n1. The molecule has 0 unspecified atom stereocenters. The third kappa shape index (κ3) is 5.74. The second-order valence-electron chi connectivity index (χ2n) is 6.51. The molecule has 9 heteroatoms. The third-order valence-corrected chi connectivity index (χ3v) is 6.34. The van der Waals surface area contributed by atoms with Crippen LogP contribution in [0.15, 0.2) is 47.2 Å². The number of carbonyl (C=O) groups excluding carboxylic acids is 3. The Morgan fingerprint density at radius 3 is 2.53 bits per heavy atom. The van der Waals surface area contributed by atoms with Crippen molar-refractivity contribution < 1.29 is 14.4 Å². The highest BCUT2D eigenvalue weighted by Crippen LogP contribution is 2.28. The molecule has 0 saturated heterocycles. The van der Waals surface area contributed by atoms with E-state index in [4.69, 9.17) is 5.73 Å². The molecule has 7 nitrogen and oxygen atoms in total. The second-order valence-corrected chi connectivity index (χ2v) is 8.32. The molecule has 30 heavy (non-hydrogen) atoms. The van der Waals surface area contributed by atoms with Gasteiger partial charge in [0, 0.05) is 36.1 Å². The molecule has 0 radical (unpaired) electrons. The topological polar surface area (TPSA) is 105 Å². The van der Waals surface area contributed by atoms with Crippen molar-refractivity contribution in [2.75, 3.05) is 18.4 Å².